The van der Waals surface area contributed by atoms with Crippen LogP contribution in [0.5, 0.6) is 11.5 Å². The molecule has 0 aliphatic carbocycles. The zero-order valence-electron chi connectivity index (χ0n) is 17.3. The highest BCUT2D eigenvalue weighted by atomic mass is 35.5. The SMILES string of the molecule is CCNCCOc1ccc2cc3ccc(OCCNCC)cc3nc2c1.Cl.Cl.Cl.O. The third-order valence-electron chi connectivity index (χ3n) is 4.15. The molecular formula is C21H32Cl3N3O3. The van der Waals surface area contributed by atoms with Gasteiger partial charge in [-0.15, -0.1) is 37.2 Å². The van der Waals surface area contributed by atoms with Crippen molar-refractivity contribution in [2.75, 3.05) is 39.4 Å². The zero-order valence-corrected chi connectivity index (χ0v) is 19.7. The molecule has 1 heterocycles. The summed E-state index contributed by atoms with van der Waals surface area (Å²) in [7, 11) is 0. The smallest absolute Gasteiger partial charge is 0.121 e. The second-order valence-electron chi connectivity index (χ2n) is 6.10. The molecule has 0 radical (unpaired) electrons. The van der Waals surface area contributed by atoms with Crippen molar-refractivity contribution >= 4 is 59.0 Å². The Balaban J connectivity index is 0. The molecule has 1 aromatic heterocycles. The standard InChI is InChI=1S/C21H27N3O2.3ClH.H2O/c1-3-22-9-11-25-18-7-5-16-13-17-6-8-19(26-12-10-23-4-2)15-21(17)24-20(16)14-18;;;;/h5-8,13-15,22-23H,3-4,9-12H2,1-2H3;3*1H;1H2. The Morgan fingerprint density at radius 3 is 1.53 bits per heavy atom. The monoisotopic (exact) mass is 479 g/mol. The van der Waals surface area contributed by atoms with Crippen molar-refractivity contribution in [1.82, 2.24) is 15.6 Å². The molecule has 0 aliphatic heterocycles. The third kappa shape index (κ3) is 8.68. The van der Waals surface area contributed by atoms with E-state index in [0.717, 1.165) is 59.5 Å². The largest absolute Gasteiger partial charge is 0.492 e. The Hall–Kier alpha value is -1.54. The summed E-state index contributed by atoms with van der Waals surface area (Å²) in [6, 6.07) is 14.3. The molecule has 0 spiro atoms. The van der Waals surface area contributed by atoms with Crippen molar-refractivity contribution in [3.63, 3.8) is 0 Å². The summed E-state index contributed by atoms with van der Waals surface area (Å²) in [5.74, 6) is 1.69. The quantitative estimate of drug-likeness (QED) is 0.340. The number of benzene rings is 2. The molecule has 0 saturated carbocycles. The Labute approximate surface area is 196 Å². The predicted octanol–water partition coefficient (Wildman–Crippen LogP) is 3.81. The van der Waals surface area contributed by atoms with Gasteiger partial charge >= 0.3 is 0 Å². The van der Waals surface area contributed by atoms with E-state index in [0.29, 0.717) is 13.2 Å². The zero-order chi connectivity index (χ0) is 18.2. The van der Waals surface area contributed by atoms with Gasteiger partial charge in [-0.1, -0.05) is 13.8 Å². The summed E-state index contributed by atoms with van der Waals surface area (Å²) in [6.45, 7) is 9.06. The molecule has 3 aromatic rings. The molecule has 3 rings (SSSR count). The normalized spacial score (nSPS) is 9.67. The van der Waals surface area contributed by atoms with E-state index in [4.69, 9.17) is 14.5 Å². The van der Waals surface area contributed by atoms with E-state index >= 15 is 0 Å². The molecule has 2 aromatic carbocycles. The molecule has 0 unspecified atom stereocenters. The summed E-state index contributed by atoms with van der Waals surface area (Å²) in [4.78, 5) is 4.80. The van der Waals surface area contributed by atoms with Crippen LogP contribution in [0, 0.1) is 0 Å². The van der Waals surface area contributed by atoms with Gasteiger partial charge in [0, 0.05) is 36.0 Å². The fourth-order valence-electron chi connectivity index (χ4n) is 2.80. The summed E-state index contributed by atoms with van der Waals surface area (Å²) in [6.07, 6.45) is 0. The van der Waals surface area contributed by atoms with Crippen LogP contribution < -0.4 is 20.1 Å². The second-order valence-corrected chi connectivity index (χ2v) is 6.10. The maximum atomic E-state index is 5.79. The minimum Gasteiger partial charge on any atom is -0.492 e. The molecule has 170 valence electrons. The molecular weight excluding hydrogens is 449 g/mol. The number of fused-ring (bicyclic) bond motifs is 2. The number of hydrogen-bond acceptors (Lipinski definition) is 5. The fourth-order valence-corrected chi connectivity index (χ4v) is 2.80. The Bertz CT molecular complexity index is 802. The van der Waals surface area contributed by atoms with Crippen molar-refractivity contribution in [2.24, 2.45) is 0 Å². The maximum absolute atomic E-state index is 5.79. The van der Waals surface area contributed by atoms with Crippen molar-refractivity contribution in [3.8, 4) is 11.5 Å². The fraction of sp³-hybridized carbons (Fsp3) is 0.381. The van der Waals surface area contributed by atoms with Gasteiger partial charge in [0.2, 0.25) is 0 Å². The number of ether oxygens (including phenoxy) is 2. The lowest BCUT2D eigenvalue weighted by atomic mass is 10.1. The highest BCUT2D eigenvalue weighted by Gasteiger charge is 2.04. The molecule has 9 heteroatoms. The summed E-state index contributed by atoms with van der Waals surface area (Å²) in [5.41, 5.74) is 1.87. The number of rotatable bonds is 10. The lowest BCUT2D eigenvalue weighted by Gasteiger charge is -2.09. The molecule has 0 aliphatic rings. The van der Waals surface area contributed by atoms with Crippen molar-refractivity contribution in [1.29, 1.82) is 0 Å². The van der Waals surface area contributed by atoms with E-state index < -0.39 is 0 Å². The minimum atomic E-state index is 0. The number of likely N-dealkylation sites (N-methyl/N-ethyl adjacent to an activating group) is 2. The topological polar surface area (TPSA) is 86.9 Å². The first kappa shape index (κ1) is 30.7. The van der Waals surface area contributed by atoms with Crippen LogP contribution in [0.2, 0.25) is 0 Å². The molecule has 0 atom stereocenters. The van der Waals surface area contributed by atoms with Gasteiger partial charge < -0.3 is 25.6 Å². The van der Waals surface area contributed by atoms with Gasteiger partial charge in [0.1, 0.15) is 24.7 Å². The van der Waals surface area contributed by atoms with Crippen LogP contribution in [-0.2, 0) is 0 Å². The van der Waals surface area contributed by atoms with E-state index in [-0.39, 0.29) is 42.7 Å². The molecule has 6 nitrogen and oxygen atoms in total. The molecule has 0 fully saturated rings. The molecule has 0 amide bonds. The van der Waals surface area contributed by atoms with Crippen LogP contribution in [0.1, 0.15) is 13.8 Å². The number of aromatic nitrogens is 1. The van der Waals surface area contributed by atoms with Crippen LogP contribution in [-0.4, -0.2) is 49.9 Å². The van der Waals surface area contributed by atoms with Gasteiger partial charge in [0.05, 0.1) is 11.0 Å². The molecule has 4 N–H and O–H groups in total. The van der Waals surface area contributed by atoms with E-state index in [1.54, 1.807) is 0 Å². The number of hydrogen-bond donors (Lipinski definition) is 2. The summed E-state index contributed by atoms with van der Waals surface area (Å²) in [5, 5.41) is 8.72. The first-order valence-corrected chi connectivity index (χ1v) is 9.31. The Morgan fingerprint density at radius 1 is 0.700 bits per heavy atom. The first-order valence-electron chi connectivity index (χ1n) is 9.31. The van der Waals surface area contributed by atoms with Gasteiger partial charge in [0.15, 0.2) is 0 Å². The van der Waals surface area contributed by atoms with Crippen LogP contribution in [0.4, 0.5) is 0 Å². The highest BCUT2D eigenvalue weighted by molar-refractivity contribution is 5.93. The molecule has 0 bridgehead atoms. The van der Waals surface area contributed by atoms with Crippen molar-refractivity contribution in [3.05, 3.63) is 42.5 Å². The van der Waals surface area contributed by atoms with Crippen LogP contribution in [0.15, 0.2) is 42.5 Å². The minimum absolute atomic E-state index is 0. The lowest BCUT2D eigenvalue weighted by molar-refractivity contribution is 0.316. The van der Waals surface area contributed by atoms with E-state index in [1.807, 2.05) is 24.3 Å². The maximum Gasteiger partial charge on any atom is 0.121 e. The second kappa shape index (κ2) is 16.2. The van der Waals surface area contributed by atoms with Crippen LogP contribution in [0.25, 0.3) is 21.8 Å². The van der Waals surface area contributed by atoms with E-state index in [1.165, 1.54) is 0 Å². The number of halogens is 3. The highest BCUT2D eigenvalue weighted by Crippen LogP contribution is 2.26. The van der Waals surface area contributed by atoms with Gasteiger partial charge in [0.25, 0.3) is 0 Å². The first-order chi connectivity index (χ1) is 12.8. The van der Waals surface area contributed by atoms with Gasteiger partial charge in [-0.05, 0) is 43.4 Å². The predicted molar refractivity (Wildman–Crippen MR) is 133 cm³/mol. The molecule has 30 heavy (non-hydrogen) atoms. The third-order valence-corrected chi connectivity index (χ3v) is 4.15. The molecule has 0 saturated heterocycles. The Kier molecular flexibility index (Phi) is 16.5. The van der Waals surface area contributed by atoms with Crippen molar-refractivity contribution < 1.29 is 14.9 Å². The van der Waals surface area contributed by atoms with Gasteiger partial charge in [-0.3, -0.25) is 0 Å². The number of pyridine rings is 1. The van der Waals surface area contributed by atoms with E-state index in [9.17, 15) is 0 Å². The summed E-state index contributed by atoms with van der Waals surface area (Å²) < 4.78 is 11.6. The average molecular weight is 481 g/mol. The van der Waals surface area contributed by atoms with Gasteiger partial charge in [-0.2, -0.15) is 0 Å². The Morgan fingerprint density at radius 2 is 1.13 bits per heavy atom. The van der Waals surface area contributed by atoms with Gasteiger partial charge in [-0.25, -0.2) is 4.98 Å². The van der Waals surface area contributed by atoms with Crippen LogP contribution >= 0.6 is 37.2 Å². The summed E-state index contributed by atoms with van der Waals surface area (Å²) >= 11 is 0. The number of nitrogens with one attached hydrogen (secondary N) is 2. The lowest BCUT2D eigenvalue weighted by Crippen LogP contribution is -2.20. The van der Waals surface area contributed by atoms with Crippen molar-refractivity contribution in [2.45, 2.75) is 13.8 Å². The van der Waals surface area contributed by atoms with Crippen LogP contribution in [0.3, 0.4) is 0 Å². The van der Waals surface area contributed by atoms with E-state index in [2.05, 4.69) is 42.7 Å². The average Bonchev–Trinajstić information content (AvgIpc) is 2.67. The number of nitrogens with zero attached hydrogens (tertiary/aromatic N) is 1.